The van der Waals surface area contributed by atoms with E-state index in [1.807, 2.05) is 6.92 Å². The Morgan fingerprint density at radius 2 is 1.81 bits per heavy atom. The summed E-state index contributed by atoms with van der Waals surface area (Å²) in [6.07, 6.45) is 5.86. The smallest absolute Gasteiger partial charge is 0.240 e. The molecule has 174 valence electrons. The Morgan fingerprint density at radius 3 is 2.45 bits per heavy atom. The normalized spacial score (nSPS) is 19.6. The maximum atomic E-state index is 12.4. The number of amides is 1. The van der Waals surface area contributed by atoms with Crippen LogP contribution in [0, 0.1) is 0 Å². The van der Waals surface area contributed by atoms with Gasteiger partial charge in [-0.25, -0.2) is 13.1 Å². The molecule has 0 radical (unpaired) electrons. The molecule has 0 unspecified atom stereocenters. The first-order chi connectivity index (χ1) is 15.0. The zero-order chi connectivity index (χ0) is 22.2. The van der Waals surface area contributed by atoms with Crippen molar-refractivity contribution in [2.45, 2.75) is 55.9 Å². The van der Waals surface area contributed by atoms with E-state index in [4.69, 9.17) is 9.47 Å². The van der Waals surface area contributed by atoms with Crippen molar-refractivity contribution in [1.82, 2.24) is 14.9 Å². The van der Waals surface area contributed by atoms with Crippen molar-refractivity contribution < 1.29 is 22.7 Å². The third-order valence-electron chi connectivity index (χ3n) is 6.17. The van der Waals surface area contributed by atoms with Gasteiger partial charge < -0.3 is 14.8 Å². The summed E-state index contributed by atoms with van der Waals surface area (Å²) in [6, 6.07) is 6.26. The molecule has 0 bridgehead atoms. The summed E-state index contributed by atoms with van der Waals surface area (Å²) in [5, 5.41) is 3.07. The van der Waals surface area contributed by atoms with Crippen LogP contribution >= 0.6 is 0 Å². The summed E-state index contributed by atoms with van der Waals surface area (Å²) in [4.78, 5) is 15.1. The third kappa shape index (κ3) is 6.65. The summed E-state index contributed by atoms with van der Waals surface area (Å²) >= 11 is 0. The average molecular weight is 454 g/mol. The van der Waals surface area contributed by atoms with E-state index in [9.17, 15) is 13.2 Å². The van der Waals surface area contributed by atoms with E-state index in [0.717, 1.165) is 39.1 Å². The van der Waals surface area contributed by atoms with Crippen LogP contribution in [0.1, 0.15) is 45.4 Å². The van der Waals surface area contributed by atoms with E-state index < -0.39 is 10.0 Å². The zero-order valence-electron chi connectivity index (χ0n) is 18.4. The standard InChI is InChI=1S/C22H35N3O5S/c1-2-30-19-6-8-20(9-7-19)31(27,28)24-13-10-21(26)23-18-22(11-4-3-5-12-22)25-14-16-29-17-15-25/h6-9,24H,2-5,10-18H2,1H3,(H,23,26). The van der Waals surface area contributed by atoms with Crippen molar-refractivity contribution in [3.05, 3.63) is 24.3 Å². The van der Waals surface area contributed by atoms with Crippen molar-refractivity contribution in [1.29, 1.82) is 0 Å². The molecule has 0 spiro atoms. The van der Waals surface area contributed by atoms with Crippen LogP contribution in [0.5, 0.6) is 5.75 Å². The molecule has 0 aromatic heterocycles. The van der Waals surface area contributed by atoms with E-state index in [1.165, 1.54) is 31.4 Å². The number of carbonyl (C=O) groups excluding carboxylic acids is 1. The number of nitrogens with one attached hydrogen (secondary N) is 2. The van der Waals surface area contributed by atoms with Gasteiger partial charge in [0.1, 0.15) is 5.75 Å². The van der Waals surface area contributed by atoms with Crippen LogP contribution in [0.4, 0.5) is 0 Å². The number of hydrogen-bond donors (Lipinski definition) is 2. The number of carbonyl (C=O) groups is 1. The Morgan fingerprint density at radius 1 is 1.13 bits per heavy atom. The number of ether oxygens (including phenoxy) is 2. The molecular weight excluding hydrogens is 418 g/mol. The highest BCUT2D eigenvalue weighted by atomic mass is 32.2. The summed E-state index contributed by atoms with van der Waals surface area (Å²) < 4.78 is 38.2. The number of nitrogens with zero attached hydrogens (tertiary/aromatic N) is 1. The van der Waals surface area contributed by atoms with Gasteiger partial charge in [-0.1, -0.05) is 19.3 Å². The number of sulfonamides is 1. The van der Waals surface area contributed by atoms with Crippen LogP contribution in [0.2, 0.25) is 0 Å². The first kappa shape index (κ1) is 24.0. The first-order valence-corrected chi connectivity index (χ1v) is 12.8. The predicted molar refractivity (Wildman–Crippen MR) is 119 cm³/mol. The summed E-state index contributed by atoms with van der Waals surface area (Å²) in [7, 11) is -3.66. The van der Waals surface area contributed by atoms with E-state index in [1.54, 1.807) is 12.1 Å². The van der Waals surface area contributed by atoms with Gasteiger partial charge in [-0.05, 0) is 44.0 Å². The third-order valence-corrected chi connectivity index (χ3v) is 7.65. The molecule has 31 heavy (non-hydrogen) atoms. The minimum Gasteiger partial charge on any atom is -0.494 e. The van der Waals surface area contributed by atoms with Gasteiger partial charge in [-0.15, -0.1) is 0 Å². The quantitative estimate of drug-likeness (QED) is 0.562. The second-order valence-electron chi connectivity index (χ2n) is 8.21. The second-order valence-corrected chi connectivity index (χ2v) is 9.98. The molecule has 0 atom stereocenters. The molecule has 1 saturated carbocycles. The Balaban J connectivity index is 1.47. The summed E-state index contributed by atoms with van der Waals surface area (Å²) in [6.45, 7) is 6.34. The Labute approximate surface area is 185 Å². The van der Waals surface area contributed by atoms with Crippen molar-refractivity contribution in [2.24, 2.45) is 0 Å². The zero-order valence-corrected chi connectivity index (χ0v) is 19.2. The fourth-order valence-electron chi connectivity index (χ4n) is 4.47. The van der Waals surface area contributed by atoms with Crippen LogP contribution in [-0.4, -0.2) is 70.8 Å². The first-order valence-electron chi connectivity index (χ1n) is 11.3. The Kier molecular flexibility index (Phi) is 8.71. The number of morpholine rings is 1. The van der Waals surface area contributed by atoms with Gasteiger partial charge >= 0.3 is 0 Å². The van der Waals surface area contributed by atoms with Crippen molar-refractivity contribution in [3.63, 3.8) is 0 Å². The molecule has 9 heteroatoms. The molecule has 1 heterocycles. The van der Waals surface area contributed by atoms with E-state index >= 15 is 0 Å². The van der Waals surface area contributed by atoms with Crippen LogP contribution in [0.25, 0.3) is 0 Å². The van der Waals surface area contributed by atoms with Crippen molar-refractivity contribution in [3.8, 4) is 5.75 Å². The lowest BCUT2D eigenvalue weighted by atomic mass is 9.79. The molecule has 1 aromatic carbocycles. The fraction of sp³-hybridized carbons (Fsp3) is 0.682. The average Bonchev–Trinajstić information content (AvgIpc) is 2.79. The van der Waals surface area contributed by atoms with Gasteiger partial charge in [0.25, 0.3) is 0 Å². The van der Waals surface area contributed by atoms with E-state index in [0.29, 0.717) is 18.9 Å². The minimum atomic E-state index is -3.66. The highest BCUT2D eigenvalue weighted by molar-refractivity contribution is 7.89. The molecule has 8 nitrogen and oxygen atoms in total. The number of hydrogen-bond acceptors (Lipinski definition) is 6. The summed E-state index contributed by atoms with van der Waals surface area (Å²) in [5.41, 5.74) is -0.000495. The van der Waals surface area contributed by atoms with Gasteiger partial charge in [-0.2, -0.15) is 0 Å². The largest absolute Gasteiger partial charge is 0.494 e. The van der Waals surface area contributed by atoms with Crippen LogP contribution in [0.3, 0.4) is 0 Å². The highest BCUT2D eigenvalue weighted by Crippen LogP contribution is 2.33. The summed E-state index contributed by atoms with van der Waals surface area (Å²) in [5.74, 6) is 0.491. The SMILES string of the molecule is CCOc1ccc(S(=O)(=O)NCCC(=O)NCC2(N3CCOCC3)CCCCC2)cc1. The number of benzene rings is 1. The topological polar surface area (TPSA) is 97.0 Å². The molecule has 3 rings (SSSR count). The molecule has 1 aliphatic carbocycles. The second kappa shape index (κ2) is 11.3. The van der Waals surface area contributed by atoms with Crippen LogP contribution in [0.15, 0.2) is 29.2 Å². The lowest BCUT2D eigenvalue weighted by Crippen LogP contribution is -2.59. The van der Waals surface area contributed by atoms with Gasteiger partial charge in [0, 0.05) is 38.1 Å². The fourth-order valence-corrected chi connectivity index (χ4v) is 5.50. The van der Waals surface area contributed by atoms with Gasteiger partial charge in [0.15, 0.2) is 0 Å². The van der Waals surface area contributed by atoms with Gasteiger partial charge in [0.05, 0.1) is 24.7 Å². The van der Waals surface area contributed by atoms with Crippen LogP contribution < -0.4 is 14.8 Å². The monoisotopic (exact) mass is 453 g/mol. The molecule has 1 amide bonds. The molecule has 1 aliphatic heterocycles. The van der Waals surface area contributed by atoms with E-state index in [-0.39, 0.29) is 29.3 Å². The number of rotatable bonds is 10. The molecule has 2 aliphatic rings. The molecule has 2 fully saturated rings. The maximum absolute atomic E-state index is 12.4. The minimum absolute atomic E-state index is 0.000495. The van der Waals surface area contributed by atoms with E-state index in [2.05, 4.69) is 14.9 Å². The lowest BCUT2D eigenvalue weighted by molar-refractivity contribution is -0.122. The molecule has 1 aromatic rings. The van der Waals surface area contributed by atoms with Crippen LogP contribution in [-0.2, 0) is 19.6 Å². The van der Waals surface area contributed by atoms with Crippen molar-refractivity contribution in [2.75, 3.05) is 46.0 Å². The lowest BCUT2D eigenvalue weighted by Gasteiger charge is -2.48. The van der Waals surface area contributed by atoms with Gasteiger partial charge in [-0.3, -0.25) is 9.69 Å². The predicted octanol–water partition coefficient (Wildman–Crippen LogP) is 1.91. The maximum Gasteiger partial charge on any atom is 0.240 e. The highest BCUT2D eigenvalue weighted by Gasteiger charge is 2.38. The molecular formula is C22H35N3O5S. The Bertz CT molecular complexity index is 801. The van der Waals surface area contributed by atoms with Gasteiger partial charge in [0.2, 0.25) is 15.9 Å². The Hall–Kier alpha value is -1.68. The molecule has 2 N–H and O–H groups in total. The molecule has 1 saturated heterocycles. The van der Waals surface area contributed by atoms with Crippen molar-refractivity contribution >= 4 is 15.9 Å².